The highest BCUT2D eigenvalue weighted by molar-refractivity contribution is 6.40. The van der Waals surface area contributed by atoms with E-state index in [1.165, 1.54) is 27.8 Å². The van der Waals surface area contributed by atoms with Crippen molar-refractivity contribution in [2.75, 3.05) is 0 Å². The van der Waals surface area contributed by atoms with Crippen molar-refractivity contribution in [1.82, 2.24) is 15.0 Å². The van der Waals surface area contributed by atoms with E-state index >= 15 is 0 Å². The number of benzene rings is 9. The summed E-state index contributed by atoms with van der Waals surface area (Å²) in [6.07, 6.45) is 5.32. The summed E-state index contributed by atoms with van der Waals surface area (Å²) in [7, 11) is 0. The summed E-state index contributed by atoms with van der Waals surface area (Å²) in [6, 6.07) is 71.2. The molecule has 0 aliphatic heterocycles. The van der Waals surface area contributed by atoms with Crippen LogP contribution in [0.1, 0.15) is 22.6 Å². The van der Waals surface area contributed by atoms with Gasteiger partial charge in [-0.25, -0.2) is 0 Å². The Morgan fingerprint density at radius 2 is 0.959 bits per heavy atom. The van der Waals surface area contributed by atoms with Gasteiger partial charge in [-0.1, -0.05) is 133 Å². The predicted molar refractivity (Wildman–Crippen MR) is 291 cm³/mol. The highest BCUT2D eigenvalue weighted by Crippen LogP contribution is 2.51. The van der Waals surface area contributed by atoms with Gasteiger partial charge in [0.05, 0.1) is 0 Å². The number of pyridine rings is 3. The molecule has 15 rings (SSSR count). The highest BCUT2D eigenvalue weighted by Gasteiger charge is 2.46. The molecule has 73 heavy (non-hydrogen) atoms. The fourth-order valence-electron chi connectivity index (χ4n) is 11.1. The van der Waals surface area contributed by atoms with Gasteiger partial charge >= 0.3 is 15.1 Å². The monoisotopic (exact) mass is 955 g/mol. The lowest BCUT2D eigenvalue weighted by molar-refractivity contribution is 0.311. The van der Waals surface area contributed by atoms with Crippen molar-refractivity contribution in [3.8, 4) is 50.6 Å². The molecule has 8 nitrogen and oxygen atoms in total. The van der Waals surface area contributed by atoms with Crippen molar-refractivity contribution in [2.24, 2.45) is 0 Å². The standard InChI is InChI=1S/C46H27NO3.2C9H7NO.Al/c48-40-20-19-29(36-12-6-22-47-45(36)40)26-15-18-35-38(23-26)31-7-1-2-9-34(31)44(35)28-16-21-42-39(24-28)37-11-5-10-30(46(37)50-42)27-14-17-33-32-8-3-4-13-41(32)49-43(33)25-27;2*11-8-5-1-3-7-4-2-6-10-9(7)8;/h1-25,44,48H;2*1-6,11H;/q;;;+3/p-3. The average molecular weight is 956 g/mol. The highest BCUT2D eigenvalue weighted by atomic mass is 27.3. The van der Waals surface area contributed by atoms with Crippen LogP contribution in [-0.4, -0.2) is 30.1 Å². The van der Waals surface area contributed by atoms with Gasteiger partial charge in [0.25, 0.3) is 0 Å². The Morgan fingerprint density at radius 3 is 1.78 bits per heavy atom. The zero-order valence-corrected chi connectivity index (χ0v) is 40.1. The second kappa shape index (κ2) is 16.7. The molecule has 0 bridgehead atoms. The molecule has 0 amide bonds. The lowest BCUT2D eigenvalue weighted by atomic mass is 9.88. The summed E-state index contributed by atoms with van der Waals surface area (Å²) in [6.45, 7) is 0. The predicted octanol–water partition coefficient (Wildman–Crippen LogP) is 16.1. The fraction of sp³-hybridized carbons (Fsp3) is 0.0156. The molecule has 1 aliphatic carbocycles. The van der Waals surface area contributed by atoms with Gasteiger partial charge in [-0.2, -0.15) is 0 Å². The molecule has 0 saturated heterocycles. The third kappa shape index (κ3) is 6.86. The molecule has 0 N–H and O–H groups in total. The second-order valence-electron chi connectivity index (χ2n) is 18.5. The van der Waals surface area contributed by atoms with Crippen LogP contribution in [0.4, 0.5) is 0 Å². The van der Waals surface area contributed by atoms with Crippen molar-refractivity contribution in [2.45, 2.75) is 5.92 Å². The maximum Gasteiger partial charge on any atom is 1.20 e. The van der Waals surface area contributed by atoms with E-state index < -0.39 is 15.1 Å². The molecule has 1 unspecified atom stereocenters. The van der Waals surface area contributed by atoms with Crippen LogP contribution in [0.25, 0.3) is 110 Å². The first-order chi connectivity index (χ1) is 36.2. The molecular formula is C64H38AlN3O5. The van der Waals surface area contributed by atoms with Crippen molar-refractivity contribution in [3.05, 3.63) is 242 Å². The van der Waals surface area contributed by atoms with Crippen LogP contribution in [0, 0.1) is 0 Å². The van der Waals surface area contributed by atoms with Gasteiger partial charge in [0.15, 0.2) is 0 Å². The van der Waals surface area contributed by atoms with Gasteiger partial charge in [-0.05, 0) is 117 Å². The summed E-state index contributed by atoms with van der Waals surface area (Å²) >= 11 is -3.10. The number of para-hydroxylation sites is 4. The Kier molecular flexibility index (Phi) is 9.49. The third-order valence-corrected chi connectivity index (χ3v) is 15.7. The molecule has 5 aromatic heterocycles. The van der Waals surface area contributed by atoms with Gasteiger partial charge < -0.3 is 20.2 Å². The number of furan rings is 2. The van der Waals surface area contributed by atoms with Gasteiger partial charge in [-0.15, -0.1) is 0 Å². The maximum atomic E-state index is 6.88. The van der Waals surface area contributed by atoms with Gasteiger partial charge in [0.1, 0.15) is 56.1 Å². The average Bonchev–Trinajstić information content (AvgIpc) is 4.13. The SMILES string of the molecule is c1ccc2c(c1)-c1cc(-c3ccc([O][Al]([O]c4cccc5cccnc45)[O]c4cccc5cccnc45)c4ncccc34)ccc1C2c1ccc2oc3c(-c4ccc5c(c4)oc4ccccc45)cccc3c2c1. The summed E-state index contributed by atoms with van der Waals surface area (Å²) in [5, 5.41) is 7.25. The third-order valence-electron chi connectivity index (χ3n) is 14.4. The van der Waals surface area contributed by atoms with Crippen molar-refractivity contribution >= 4 is 91.7 Å². The van der Waals surface area contributed by atoms with Crippen LogP contribution in [-0.2, 0) is 0 Å². The first-order valence-electron chi connectivity index (χ1n) is 24.3. The zero-order chi connectivity index (χ0) is 48.0. The molecule has 0 saturated carbocycles. The summed E-state index contributed by atoms with van der Waals surface area (Å²) < 4.78 is 33.3. The maximum absolute atomic E-state index is 6.88. The minimum Gasteiger partial charge on any atom is -0.576 e. The van der Waals surface area contributed by atoms with Crippen LogP contribution in [0.3, 0.4) is 0 Å². The van der Waals surface area contributed by atoms with E-state index in [-0.39, 0.29) is 5.92 Å². The summed E-state index contributed by atoms with van der Waals surface area (Å²) in [4.78, 5) is 14.2. The molecular weight excluding hydrogens is 918 g/mol. The minimum absolute atomic E-state index is 0.0261. The Morgan fingerprint density at radius 1 is 0.356 bits per heavy atom. The van der Waals surface area contributed by atoms with E-state index in [2.05, 4.69) is 125 Å². The van der Waals surface area contributed by atoms with E-state index in [1.54, 1.807) is 18.6 Å². The van der Waals surface area contributed by atoms with E-state index in [0.29, 0.717) is 22.8 Å². The smallest absolute Gasteiger partial charge is 0.576 e. The Balaban J connectivity index is 0.789. The second-order valence-corrected chi connectivity index (χ2v) is 19.8. The Labute approximate surface area is 422 Å². The molecule has 1 aliphatic rings. The van der Waals surface area contributed by atoms with E-state index in [0.717, 1.165) is 93.3 Å². The first-order valence-corrected chi connectivity index (χ1v) is 25.7. The van der Waals surface area contributed by atoms with Crippen LogP contribution in [0.5, 0.6) is 17.2 Å². The lowest BCUT2D eigenvalue weighted by Gasteiger charge is -2.19. The van der Waals surface area contributed by atoms with Gasteiger partial charge in [-0.3, -0.25) is 15.0 Å². The number of nitrogens with zero attached hydrogens (tertiary/aromatic N) is 3. The zero-order valence-electron chi connectivity index (χ0n) is 38.9. The van der Waals surface area contributed by atoms with Crippen LogP contribution in [0.15, 0.2) is 234 Å². The Hall–Kier alpha value is -9.26. The van der Waals surface area contributed by atoms with Crippen LogP contribution >= 0.6 is 0 Å². The molecule has 342 valence electrons. The first kappa shape index (κ1) is 41.5. The number of hydrogen-bond acceptors (Lipinski definition) is 8. The van der Waals surface area contributed by atoms with Crippen molar-refractivity contribution in [1.29, 1.82) is 0 Å². The Bertz CT molecular complexity index is 4450. The molecule has 14 aromatic rings. The molecule has 0 radical (unpaired) electrons. The molecule has 0 spiro atoms. The topological polar surface area (TPSA) is 92.6 Å². The number of rotatable bonds is 9. The molecule has 0 fully saturated rings. The number of aromatic nitrogens is 3. The van der Waals surface area contributed by atoms with E-state index in [1.807, 2.05) is 91.0 Å². The molecule has 9 aromatic carbocycles. The molecule has 1 atom stereocenters. The van der Waals surface area contributed by atoms with Crippen molar-refractivity contribution in [3.63, 3.8) is 0 Å². The van der Waals surface area contributed by atoms with Crippen LogP contribution in [0.2, 0.25) is 0 Å². The van der Waals surface area contributed by atoms with E-state index in [9.17, 15) is 0 Å². The van der Waals surface area contributed by atoms with Crippen molar-refractivity contribution < 1.29 is 20.2 Å². The summed E-state index contributed by atoms with van der Waals surface area (Å²) in [5.41, 5.74) is 16.0. The normalized spacial score (nSPS) is 13.1. The van der Waals surface area contributed by atoms with E-state index in [4.69, 9.17) is 25.2 Å². The largest absolute Gasteiger partial charge is 1.20 e. The quantitative estimate of drug-likeness (QED) is 0.132. The van der Waals surface area contributed by atoms with Gasteiger partial charge in [0.2, 0.25) is 0 Å². The fourth-order valence-corrected chi connectivity index (χ4v) is 12.4. The number of fused-ring (bicyclic) bond motifs is 12. The van der Waals surface area contributed by atoms with Crippen LogP contribution < -0.4 is 11.4 Å². The van der Waals surface area contributed by atoms with Gasteiger partial charge in [0, 0.05) is 67.8 Å². The lowest BCUT2D eigenvalue weighted by Crippen LogP contribution is -2.37. The molecule has 5 heterocycles. The minimum atomic E-state index is -3.10. The molecule has 9 heteroatoms. The number of hydrogen-bond donors (Lipinski definition) is 0. The summed E-state index contributed by atoms with van der Waals surface area (Å²) in [5.74, 6) is 1.74.